The van der Waals surface area contributed by atoms with Crippen molar-refractivity contribution in [3.8, 4) is 0 Å². The third-order valence-corrected chi connectivity index (χ3v) is 4.61. The summed E-state index contributed by atoms with van der Waals surface area (Å²) < 4.78 is 5.05. The van der Waals surface area contributed by atoms with Crippen molar-refractivity contribution in [2.75, 3.05) is 13.1 Å². The zero-order valence-corrected chi connectivity index (χ0v) is 14.6. The van der Waals surface area contributed by atoms with Crippen molar-refractivity contribution >= 4 is 17.5 Å². The van der Waals surface area contributed by atoms with E-state index in [9.17, 15) is 4.79 Å². The van der Waals surface area contributed by atoms with Gasteiger partial charge in [-0.3, -0.25) is 9.78 Å². The summed E-state index contributed by atoms with van der Waals surface area (Å²) in [5, 5.41) is 3.97. The fourth-order valence-electron chi connectivity index (χ4n) is 3.26. The summed E-state index contributed by atoms with van der Waals surface area (Å²) in [6, 6.07) is 7.79. The fraction of sp³-hybridized carbons (Fsp3) is 0.500. The number of rotatable bonds is 5. The number of nitrogens with zero attached hydrogens (tertiary/aromatic N) is 3. The second-order valence-electron chi connectivity index (χ2n) is 6.44. The lowest BCUT2D eigenvalue weighted by Crippen LogP contribution is -2.40. The number of aryl methyl sites for hydroxylation is 2. The van der Waals surface area contributed by atoms with Crippen molar-refractivity contribution in [3.63, 3.8) is 0 Å². The van der Waals surface area contributed by atoms with Gasteiger partial charge in [-0.15, -0.1) is 0 Å². The first-order chi connectivity index (χ1) is 11.6. The molecule has 3 rings (SSSR count). The minimum atomic E-state index is 0.171. The number of pyridine rings is 1. The molecule has 0 spiro atoms. The highest BCUT2D eigenvalue weighted by atomic mass is 35.5. The fourth-order valence-corrected chi connectivity index (χ4v) is 3.42. The van der Waals surface area contributed by atoms with Gasteiger partial charge in [-0.2, -0.15) is 0 Å². The number of likely N-dealkylation sites (tertiary alicyclic amines) is 1. The van der Waals surface area contributed by atoms with E-state index in [2.05, 4.69) is 16.2 Å². The highest BCUT2D eigenvalue weighted by Crippen LogP contribution is 2.21. The summed E-state index contributed by atoms with van der Waals surface area (Å²) in [4.78, 5) is 19.0. The Hall–Kier alpha value is -1.88. The van der Waals surface area contributed by atoms with E-state index in [4.69, 9.17) is 16.1 Å². The van der Waals surface area contributed by atoms with Gasteiger partial charge in [0.1, 0.15) is 5.76 Å². The molecule has 0 saturated carbocycles. The highest BCUT2D eigenvalue weighted by Gasteiger charge is 2.24. The Morgan fingerprint density at radius 2 is 2.33 bits per heavy atom. The molecule has 0 aromatic carbocycles. The molecule has 1 aliphatic rings. The predicted octanol–water partition coefficient (Wildman–Crippen LogP) is 3.45. The van der Waals surface area contributed by atoms with E-state index < -0.39 is 0 Å². The van der Waals surface area contributed by atoms with Crippen molar-refractivity contribution in [1.82, 2.24) is 15.0 Å². The number of carbonyl (C=O) groups is 1. The lowest BCUT2D eigenvalue weighted by Gasteiger charge is -2.32. The molecule has 0 bridgehead atoms. The second kappa shape index (κ2) is 7.79. The van der Waals surface area contributed by atoms with Gasteiger partial charge in [0.25, 0.3) is 0 Å². The van der Waals surface area contributed by atoms with Crippen molar-refractivity contribution in [2.45, 2.75) is 39.0 Å². The number of aromatic nitrogens is 2. The normalized spacial score (nSPS) is 17.9. The maximum Gasteiger partial charge on any atom is 0.223 e. The molecular weight excluding hydrogens is 326 g/mol. The van der Waals surface area contributed by atoms with Crippen molar-refractivity contribution < 1.29 is 9.32 Å². The number of amides is 1. The molecule has 1 aliphatic heterocycles. The Kier molecular flexibility index (Phi) is 5.51. The van der Waals surface area contributed by atoms with Crippen LogP contribution >= 0.6 is 11.6 Å². The van der Waals surface area contributed by atoms with E-state index >= 15 is 0 Å². The average molecular weight is 348 g/mol. The zero-order valence-electron chi connectivity index (χ0n) is 13.9. The molecule has 1 fully saturated rings. The van der Waals surface area contributed by atoms with Gasteiger partial charge >= 0.3 is 0 Å². The van der Waals surface area contributed by atoms with Gasteiger partial charge < -0.3 is 9.42 Å². The summed E-state index contributed by atoms with van der Waals surface area (Å²) in [5.41, 5.74) is 2.16. The van der Waals surface area contributed by atoms with Gasteiger partial charge in [0.05, 0.1) is 0 Å². The second-order valence-corrected chi connectivity index (χ2v) is 6.83. The van der Waals surface area contributed by atoms with E-state index in [0.29, 0.717) is 29.7 Å². The molecule has 0 aliphatic carbocycles. The van der Waals surface area contributed by atoms with E-state index in [1.54, 1.807) is 6.07 Å². The Morgan fingerprint density at radius 1 is 1.46 bits per heavy atom. The molecule has 128 valence electrons. The first-order valence-corrected chi connectivity index (χ1v) is 8.79. The highest BCUT2D eigenvalue weighted by molar-refractivity contribution is 6.29. The smallest absolute Gasteiger partial charge is 0.223 e. The van der Waals surface area contributed by atoms with Crippen molar-refractivity contribution in [3.05, 3.63) is 46.6 Å². The molecular formula is C18H22ClN3O2. The molecule has 1 atom stereocenters. The van der Waals surface area contributed by atoms with E-state index in [-0.39, 0.29) is 5.91 Å². The van der Waals surface area contributed by atoms with Crippen LogP contribution in [0.25, 0.3) is 0 Å². The average Bonchev–Trinajstić information content (AvgIpc) is 2.98. The molecule has 1 amide bonds. The van der Waals surface area contributed by atoms with Crippen LogP contribution in [-0.2, 0) is 17.6 Å². The van der Waals surface area contributed by atoms with Crippen LogP contribution in [0, 0.1) is 12.8 Å². The summed E-state index contributed by atoms with van der Waals surface area (Å²) in [6.07, 6.45) is 4.11. The van der Waals surface area contributed by atoms with Crippen LogP contribution in [0.1, 0.15) is 36.4 Å². The molecule has 0 N–H and O–H groups in total. The van der Waals surface area contributed by atoms with Crippen LogP contribution in [0.3, 0.4) is 0 Å². The maximum atomic E-state index is 12.4. The van der Waals surface area contributed by atoms with Crippen LogP contribution in [-0.4, -0.2) is 34.0 Å². The molecule has 5 nitrogen and oxygen atoms in total. The predicted molar refractivity (Wildman–Crippen MR) is 91.8 cm³/mol. The first-order valence-electron chi connectivity index (χ1n) is 8.41. The van der Waals surface area contributed by atoms with Gasteiger partial charge in [-0.1, -0.05) is 22.8 Å². The molecule has 2 aromatic heterocycles. The number of halogens is 1. The lowest BCUT2D eigenvalue weighted by atomic mass is 9.93. The summed E-state index contributed by atoms with van der Waals surface area (Å²) in [7, 11) is 0. The Balaban J connectivity index is 1.51. The third kappa shape index (κ3) is 4.57. The van der Waals surface area contributed by atoms with E-state index in [1.165, 1.54) is 0 Å². The molecule has 24 heavy (non-hydrogen) atoms. The molecule has 1 saturated heterocycles. The Bertz CT molecular complexity index is 701. The van der Waals surface area contributed by atoms with Gasteiger partial charge in [-0.05, 0) is 44.2 Å². The van der Waals surface area contributed by atoms with Crippen LogP contribution in [0.5, 0.6) is 0 Å². The standard InChI is InChI=1S/C18H22ClN3O2/c1-13-4-2-6-15(20-13)10-14-5-3-9-22(12-14)18(23)8-7-16-11-17(19)21-24-16/h2,4,6,11,14H,3,5,7-10,12H2,1H3. The number of hydrogen-bond acceptors (Lipinski definition) is 4. The Morgan fingerprint density at radius 3 is 3.08 bits per heavy atom. The summed E-state index contributed by atoms with van der Waals surface area (Å²) >= 11 is 5.73. The van der Waals surface area contributed by atoms with E-state index in [0.717, 1.165) is 43.7 Å². The molecule has 6 heteroatoms. The van der Waals surface area contributed by atoms with Crippen LogP contribution in [0.15, 0.2) is 28.8 Å². The van der Waals surface area contributed by atoms with Crippen LogP contribution in [0.4, 0.5) is 0 Å². The third-order valence-electron chi connectivity index (χ3n) is 4.43. The maximum absolute atomic E-state index is 12.4. The topological polar surface area (TPSA) is 59.2 Å². The van der Waals surface area contributed by atoms with Gasteiger partial charge in [0.15, 0.2) is 5.15 Å². The monoisotopic (exact) mass is 347 g/mol. The van der Waals surface area contributed by atoms with Crippen LogP contribution in [0.2, 0.25) is 5.15 Å². The largest absolute Gasteiger partial charge is 0.360 e. The zero-order chi connectivity index (χ0) is 16.9. The minimum absolute atomic E-state index is 0.171. The first kappa shape index (κ1) is 17.0. The van der Waals surface area contributed by atoms with Crippen molar-refractivity contribution in [1.29, 1.82) is 0 Å². The van der Waals surface area contributed by atoms with Crippen LogP contribution < -0.4 is 0 Å². The minimum Gasteiger partial charge on any atom is -0.360 e. The number of carbonyl (C=O) groups excluding carboxylic acids is 1. The van der Waals surface area contributed by atoms with Gasteiger partial charge in [0.2, 0.25) is 5.91 Å². The number of piperidine rings is 1. The molecule has 2 aromatic rings. The summed E-state index contributed by atoms with van der Waals surface area (Å²) in [6.45, 7) is 3.66. The van der Waals surface area contributed by atoms with Gasteiger partial charge in [0, 0.05) is 43.4 Å². The quantitative estimate of drug-likeness (QED) is 0.831. The van der Waals surface area contributed by atoms with Gasteiger partial charge in [-0.25, -0.2) is 0 Å². The van der Waals surface area contributed by atoms with Crippen molar-refractivity contribution in [2.24, 2.45) is 5.92 Å². The SMILES string of the molecule is Cc1cccc(CC2CCCN(C(=O)CCc3cc(Cl)no3)C2)n1. The van der Waals surface area contributed by atoms with E-state index in [1.807, 2.05) is 24.0 Å². The number of hydrogen-bond donors (Lipinski definition) is 0. The molecule has 3 heterocycles. The molecule has 1 unspecified atom stereocenters. The summed E-state index contributed by atoms with van der Waals surface area (Å²) in [5.74, 6) is 1.31. The lowest BCUT2D eigenvalue weighted by molar-refractivity contribution is -0.133. The molecule has 0 radical (unpaired) electrons. The Labute approximate surface area is 147 Å².